The maximum absolute atomic E-state index is 9.19. The molecule has 4 rings (SSSR count). The van der Waals surface area contributed by atoms with Crippen molar-refractivity contribution in [1.29, 1.82) is 5.26 Å². The molecule has 148 valence electrons. The van der Waals surface area contributed by atoms with Crippen LogP contribution < -0.4 is 21.3 Å². The summed E-state index contributed by atoms with van der Waals surface area (Å²) in [6.07, 6.45) is 1.08. The van der Waals surface area contributed by atoms with E-state index in [4.69, 9.17) is 10.7 Å². The first-order chi connectivity index (χ1) is 14.0. The van der Waals surface area contributed by atoms with Crippen LogP contribution in [0.3, 0.4) is 0 Å². The molecule has 2 aromatic carbocycles. The van der Waals surface area contributed by atoms with Gasteiger partial charge in [0.05, 0.1) is 17.1 Å². The predicted molar refractivity (Wildman–Crippen MR) is 117 cm³/mol. The lowest BCUT2D eigenvalue weighted by molar-refractivity contribution is 0.492. The minimum atomic E-state index is 0.451. The topological polar surface area (TPSA) is 103 Å². The van der Waals surface area contributed by atoms with Gasteiger partial charge in [-0.15, -0.1) is 0 Å². The zero-order chi connectivity index (χ0) is 20.4. The molecule has 3 aromatic rings. The molecular weight excluding hydrogens is 362 g/mol. The highest BCUT2D eigenvalue weighted by atomic mass is 15.3. The lowest BCUT2D eigenvalue weighted by atomic mass is 10.2. The number of benzene rings is 2. The molecule has 0 spiro atoms. The Bertz CT molecular complexity index is 1070. The molecule has 1 unspecified atom stereocenters. The number of nitrogen functional groups attached to an aromatic ring is 1. The van der Waals surface area contributed by atoms with Gasteiger partial charge in [0, 0.05) is 41.9 Å². The molecule has 1 fully saturated rings. The number of nitriles is 1. The predicted octanol–water partition coefficient (Wildman–Crippen LogP) is 3.40. The van der Waals surface area contributed by atoms with Crippen LogP contribution in [0.25, 0.3) is 10.9 Å². The number of para-hydroxylation sites is 1. The number of fused-ring (bicyclic) bond motifs is 1. The second kappa shape index (κ2) is 7.94. The summed E-state index contributed by atoms with van der Waals surface area (Å²) in [4.78, 5) is 11.8. The van der Waals surface area contributed by atoms with Crippen LogP contribution in [0.15, 0.2) is 42.5 Å². The minimum absolute atomic E-state index is 0.451. The molecule has 2 heterocycles. The SMILES string of the molecule is CC(C)NC1CCN(c2nc(Nc3cc(N)cc(C#N)c3)nc3ccccc23)C1. The third-order valence-electron chi connectivity index (χ3n) is 4.98. The van der Waals surface area contributed by atoms with Gasteiger partial charge >= 0.3 is 0 Å². The molecule has 4 N–H and O–H groups in total. The van der Waals surface area contributed by atoms with Gasteiger partial charge in [0.1, 0.15) is 5.82 Å². The quantitative estimate of drug-likeness (QED) is 0.577. The van der Waals surface area contributed by atoms with Crippen molar-refractivity contribution in [2.45, 2.75) is 32.4 Å². The third kappa shape index (κ3) is 4.23. The van der Waals surface area contributed by atoms with Gasteiger partial charge in [-0.1, -0.05) is 26.0 Å². The van der Waals surface area contributed by atoms with E-state index in [0.29, 0.717) is 35.0 Å². The number of rotatable bonds is 5. The van der Waals surface area contributed by atoms with E-state index in [9.17, 15) is 5.26 Å². The largest absolute Gasteiger partial charge is 0.399 e. The number of hydrogen-bond donors (Lipinski definition) is 3. The smallest absolute Gasteiger partial charge is 0.229 e. The molecule has 1 aromatic heterocycles. The molecule has 7 heteroatoms. The Kier molecular flexibility index (Phi) is 5.19. The van der Waals surface area contributed by atoms with Gasteiger partial charge < -0.3 is 21.3 Å². The molecule has 1 aliphatic heterocycles. The average Bonchev–Trinajstić information content (AvgIpc) is 3.14. The first-order valence-electron chi connectivity index (χ1n) is 9.87. The van der Waals surface area contributed by atoms with Gasteiger partial charge in [0.25, 0.3) is 0 Å². The fourth-order valence-electron chi connectivity index (χ4n) is 3.83. The van der Waals surface area contributed by atoms with E-state index in [0.717, 1.165) is 36.2 Å². The maximum atomic E-state index is 9.19. The summed E-state index contributed by atoms with van der Waals surface area (Å²) in [5.74, 6) is 1.42. The van der Waals surface area contributed by atoms with Crippen molar-refractivity contribution in [1.82, 2.24) is 15.3 Å². The fraction of sp³-hybridized carbons (Fsp3) is 0.318. The standard InChI is InChI=1S/C22H25N7/c1-14(2)25-17-7-8-29(13-17)21-19-5-3-4-6-20(19)27-22(28-21)26-18-10-15(12-23)9-16(24)11-18/h3-6,9-11,14,17,25H,7-8,13,24H2,1-2H3,(H,26,27,28). The highest BCUT2D eigenvalue weighted by molar-refractivity contribution is 5.91. The summed E-state index contributed by atoms with van der Waals surface area (Å²) in [6, 6.07) is 16.2. The van der Waals surface area contributed by atoms with E-state index < -0.39 is 0 Å². The van der Waals surface area contributed by atoms with E-state index in [1.807, 2.05) is 18.2 Å². The van der Waals surface area contributed by atoms with Gasteiger partial charge in [0.2, 0.25) is 5.95 Å². The lowest BCUT2D eigenvalue weighted by Crippen LogP contribution is -2.37. The molecular formula is C22H25N7. The number of hydrogen-bond acceptors (Lipinski definition) is 7. The summed E-state index contributed by atoms with van der Waals surface area (Å²) in [6.45, 7) is 6.20. The average molecular weight is 387 g/mol. The number of anilines is 4. The van der Waals surface area contributed by atoms with Crippen LogP contribution in [0, 0.1) is 11.3 Å². The first kappa shape index (κ1) is 19.0. The summed E-state index contributed by atoms with van der Waals surface area (Å²) in [5.41, 5.74) is 8.51. The van der Waals surface area contributed by atoms with E-state index in [2.05, 4.69) is 46.5 Å². The second-order valence-electron chi connectivity index (χ2n) is 7.72. The van der Waals surface area contributed by atoms with Crippen LogP contribution >= 0.6 is 0 Å². The van der Waals surface area contributed by atoms with Gasteiger partial charge in [-0.2, -0.15) is 10.2 Å². The van der Waals surface area contributed by atoms with Gasteiger partial charge in [0.15, 0.2) is 0 Å². The van der Waals surface area contributed by atoms with Crippen molar-refractivity contribution < 1.29 is 0 Å². The maximum Gasteiger partial charge on any atom is 0.229 e. The highest BCUT2D eigenvalue weighted by Gasteiger charge is 2.25. The van der Waals surface area contributed by atoms with E-state index in [-0.39, 0.29) is 0 Å². The minimum Gasteiger partial charge on any atom is -0.399 e. The zero-order valence-corrected chi connectivity index (χ0v) is 16.7. The molecule has 1 saturated heterocycles. The van der Waals surface area contributed by atoms with Crippen molar-refractivity contribution in [3.05, 3.63) is 48.0 Å². The Hall–Kier alpha value is -3.37. The Morgan fingerprint density at radius 1 is 1.21 bits per heavy atom. The van der Waals surface area contributed by atoms with Crippen LogP contribution in [-0.2, 0) is 0 Å². The molecule has 0 aliphatic carbocycles. The van der Waals surface area contributed by atoms with Crippen LogP contribution in [0.1, 0.15) is 25.8 Å². The molecule has 1 atom stereocenters. The molecule has 1 aliphatic rings. The molecule has 0 bridgehead atoms. The van der Waals surface area contributed by atoms with Crippen LogP contribution in [0.5, 0.6) is 0 Å². The molecule has 0 saturated carbocycles. The number of nitrogens with zero attached hydrogens (tertiary/aromatic N) is 4. The van der Waals surface area contributed by atoms with Gasteiger partial charge in [-0.05, 0) is 36.8 Å². The van der Waals surface area contributed by atoms with Crippen LogP contribution in [-0.4, -0.2) is 35.1 Å². The second-order valence-corrected chi connectivity index (χ2v) is 7.72. The van der Waals surface area contributed by atoms with Gasteiger partial charge in [-0.3, -0.25) is 0 Å². The third-order valence-corrected chi connectivity index (χ3v) is 4.98. The number of nitrogens with two attached hydrogens (primary N) is 1. The molecule has 7 nitrogen and oxygen atoms in total. The lowest BCUT2D eigenvalue weighted by Gasteiger charge is -2.21. The Morgan fingerprint density at radius 3 is 2.83 bits per heavy atom. The van der Waals surface area contributed by atoms with Crippen molar-refractivity contribution >= 4 is 34.0 Å². The Balaban J connectivity index is 1.68. The van der Waals surface area contributed by atoms with Crippen molar-refractivity contribution in [2.75, 3.05) is 29.0 Å². The molecule has 0 amide bonds. The molecule has 29 heavy (non-hydrogen) atoms. The zero-order valence-electron chi connectivity index (χ0n) is 16.7. The monoisotopic (exact) mass is 387 g/mol. The number of nitrogens with one attached hydrogen (secondary N) is 2. The molecule has 0 radical (unpaired) electrons. The van der Waals surface area contributed by atoms with Crippen LogP contribution in [0.4, 0.5) is 23.1 Å². The normalized spacial score (nSPS) is 16.3. The summed E-state index contributed by atoms with van der Waals surface area (Å²) in [5, 5.41) is 17.1. The van der Waals surface area contributed by atoms with Crippen molar-refractivity contribution in [3.8, 4) is 6.07 Å². The van der Waals surface area contributed by atoms with E-state index in [1.54, 1.807) is 18.2 Å². The van der Waals surface area contributed by atoms with E-state index in [1.165, 1.54) is 0 Å². The summed E-state index contributed by atoms with van der Waals surface area (Å²) < 4.78 is 0. The van der Waals surface area contributed by atoms with Crippen LogP contribution in [0.2, 0.25) is 0 Å². The van der Waals surface area contributed by atoms with Gasteiger partial charge in [-0.25, -0.2) is 4.98 Å². The summed E-state index contributed by atoms with van der Waals surface area (Å²) >= 11 is 0. The highest BCUT2D eigenvalue weighted by Crippen LogP contribution is 2.29. The summed E-state index contributed by atoms with van der Waals surface area (Å²) in [7, 11) is 0. The number of aromatic nitrogens is 2. The van der Waals surface area contributed by atoms with Crippen molar-refractivity contribution in [3.63, 3.8) is 0 Å². The van der Waals surface area contributed by atoms with Crippen molar-refractivity contribution in [2.24, 2.45) is 0 Å². The fourth-order valence-corrected chi connectivity index (χ4v) is 3.83. The Labute approximate surface area is 170 Å². The first-order valence-corrected chi connectivity index (χ1v) is 9.87. The Morgan fingerprint density at radius 2 is 2.03 bits per heavy atom. The van der Waals surface area contributed by atoms with E-state index >= 15 is 0 Å².